The monoisotopic (exact) mass is 866 g/mol. The van der Waals surface area contributed by atoms with E-state index in [-0.39, 0.29) is 41.8 Å². The Morgan fingerprint density at radius 3 is 1.88 bits per heavy atom. The van der Waals surface area contributed by atoms with Crippen LogP contribution in [0.3, 0.4) is 0 Å². The van der Waals surface area contributed by atoms with Crippen LogP contribution in [-0.2, 0) is 19.1 Å². The van der Waals surface area contributed by atoms with Gasteiger partial charge in [0.25, 0.3) is 0 Å². The van der Waals surface area contributed by atoms with Crippen molar-refractivity contribution in [2.24, 2.45) is 11.8 Å². The molecule has 2 fully saturated rings. The van der Waals surface area contributed by atoms with Crippen LogP contribution in [-0.4, -0.2) is 92.1 Å². The Bertz CT molecular complexity index is 2570. The molecule has 2 aliphatic heterocycles. The number of ether oxygens (including phenoxy) is 2. The fourth-order valence-corrected chi connectivity index (χ4v) is 9.21. The van der Waals surface area contributed by atoms with Gasteiger partial charge in [-0.3, -0.25) is 9.59 Å². The molecule has 4 heterocycles. The number of fused-ring (bicyclic) bond motifs is 1. The summed E-state index contributed by atoms with van der Waals surface area (Å²) in [6.45, 7) is 10.6. The minimum absolute atomic E-state index is 0.0987. The highest BCUT2D eigenvalue weighted by Crippen LogP contribution is 2.36. The lowest BCUT2D eigenvalue weighted by Gasteiger charge is -2.32. The zero-order chi connectivity index (χ0) is 45.1. The highest BCUT2D eigenvalue weighted by Gasteiger charge is 2.40. The number of methoxy groups -OCH3 is 1. The van der Waals surface area contributed by atoms with Crippen LogP contribution in [0.2, 0.25) is 0 Å². The second-order valence-corrected chi connectivity index (χ2v) is 17.7. The van der Waals surface area contributed by atoms with Gasteiger partial charge in [-0.05, 0) is 103 Å². The van der Waals surface area contributed by atoms with Crippen molar-refractivity contribution in [2.45, 2.75) is 97.0 Å². The number of aromatic amines is 2. The smallest absolute Gasteiger partial charge is 0.408 e. The largest absolute Gasteiger partial charge is 0.453 e. The zero-order valence-electron chi connectivity index (χ0n) is 37.4. The molecule has 2 saturated heterocycles. The molecule has 0 spiro atoms. The molecule has 2 aromatic heterocycles. The molecular formula is C50H58N8O6. The number of nitrogens with zero attached hydrogens (tertiary/aromatic N) is 4. The summed E-state index contributed by atoms with van der Waals surface area (Å²) in [5, 5.41) is 7.78. The lowest BCUT2D eigenvalue weighted by atomic mass is 9.87. The third-order valence-corrected chi connectivity index (χ3v) is 12.6. The van der Waals surface area contributed by atoms with E-state index in [1.807, 2.05) is 48.2 Å². The van der Waals surface area contributed by atoms with Crippen molar-refractivity contribution < 1.29 is 28.7 Å². The Morgan fingerprint density at radius 2 is 1.28 bits per heavy atom. The number of carbonyl (C=O) groups excluding carboxylic acids is 4. The van der Waals surface area contributed by atoms with E-state index >= 15 is 0 Å². The molecule has 3 aromatic carbocycles. The molecule has 14 heteroatoms. The van der Waals surface area contributed by atoms with Crippen LogP contribution < -0.4 is 10.6 Å². The zero-order valence-corrected chi connectivity index (χ0v) is 37.4. The second-order valence-electron chi connectivity index (χ2n) is 17.7. The van der Waals surface area contributed by atoms with E-state index in [1.165, 1.54) is 7.11 Å². The van der Waals surface area contributed by atoms with Crippen LogP contribution >= 0.6 is 0 Å². The van der Waals surface area contributed by atoms with Crippen molar-refractivity contribution in [1.29, 1.82) is 0 Å². The fraction of sp³-hybridized carbons (Fsp3) is 0.400. The van der Waals surface area contributed by atoms with E-state index in [0.717, 1.165) is 93.7 Å². The standard InChI is InChI=1S/C50H58N8O6/c1-29(2)43(55-49(61)63-6)47(59)57-23-9-13-41(57)46-52-28-40(54-46)37-22-21-35-25-34(19-20-36(35)26-37)32-15-17-33(18-16-32)39-27-51-45(53-39)42-14-10-24-58(42)48(60)44(56-50(62)64-30(3)4)38-12-8-7-11-31(38)5/h7-8,12,15-22,25-31,41-44H,9-11,13-14,23-24H2,1-6H3,(H,51,53)(H,52,54)(H,55,61)(H,56,62)/t31?,41-,42-,43-,44+/m0/s1. The fourth-order valence-electron chi connectivity index (χ4n) is 9.21. The minimum Gasteiger partial charge on any atom is -0.453 e. The molecule has 0 radical (unpaired) electrons. The van der Waals surface area contributed by atoms with Crippen molar-refractivity contribution in [1.82, 2.24) is 40.4 Å². The molecule has 334 valence electrons. The molecule has 0 bridgehead atoms. The Balaban J connectivity index is 0.940. The van der Waals surface area contributed by atoms with Crippen LogP contribution in [0.4, 0.5) is 9.59 Å². The van der Waals surface area contributed by atoms with Crippen molar-refractivity contribution in [3.8, 4) is 33.6 Å². The van der Waals surface area contributed by atoms with Crippen molar-refractivity contribution >= 4 is 34.8 Å². The highest BCUT2D eigenvalue weighted by molar-refractivity contribution is 5.91. The maximum absolute atomic E-state index is 14.3. The predicted octanol–water partition coefficient (Wildman–Crippen LogP) is 9.02. The van der Waals surface area contributed by atoms with Gasteiger partial charge in [0.05, 0.1) is 49.1 Å². The molecule has 14 nitrogen and oxygen atoms in total. The van der Waals surface area contributed by atoms with E-state index in [4.69, 9.17) is 19.4 Å². The van der Waals surface area contributed by atoms with E-state index in [9.17, 15) is 19.2 Å². The Labute approximate surface area is 373 Å². The first-order valence-electron chi connectivity index (χ1n) is 22.4. The number of amides is 4. The number of carbonyl (C=O) groups is 4. The minimum atomic E-state index is -0.827. The van der Waals surface area contributed by atoms with Crippen molar-refractivity contribution in [3.05, 3.63) is 109 Å². The first kappa shape index (κ1) is 43.9. The Hall–Kier alpha value is -6.70. The molecule has 5 atom stereocenters. The van der Waals surface area contributed by atoms with Gasteiger partial charge in [0, 0.05) is 18.7 Å². The normalized spacial score (nSPS) is 19.5. The summed E-state index contributed by atoms with van der Waals surface area (Å²) in [6, 6.07) is 19.2. The molecule has 4 amide bonds. The summed E-state index contributed by atoms with van der Waals surface area (Å²) < 4.78 is 10.2. The van der Waals surface area contributed by atoms with Crippen LogP contribution in [0, 0.1) is 11.8 Å². The predicted molar refractivity (Wildman–Crippen MR) is 246 cm³/mol. The first-order valence-corrected chi connectivity index (χ1v) is 22.4. The van der Waals surface area contributed by atoms with Gasteiger partial charge in [-0.25, -0.2) is 19.6 Å². The summed E-state index contributed by atoms with van der Waals surface area (Å²) in [5.74, 6) is 1.14. The maximum Gasteiger partial charge on any atom is 0.408 e. The van der Waals surface area contributed by atoms with Crippen LogP contribution in [0.25, 0.3) is 44.4 Å². The number of nitrogens with one attached hydrogen (secondary N) is 4. The number of likely N-dealkylation sites (tertiary alicyclic amines) is 2. The lowest BCUT2D eigenvalue weighted by molar-refractivity contribution is -0.135. The van der Waals surface area contributed by atoms with Crippen molar-refractivity contribution in [3.63, 3.8) is 0 Å². The van der Waals surface area contributed by atoms with Gasteiger partial charge in [0.1, 0.15) is 23.7 Å². The van der Waals surface area contributed by atoms with Crippen LogP contribution in [0.1, 0.15) is 90.5 Å². The molecule has 1 aliphatic carbocycles. The lowest BCUT2D eigenvalue weighted by Crippen LogP contribution is -2.51. The molecule has 1 unspecified atom stereocenters. The van der Waals surface area contributed by atoms with Crippen LogP contribution in [0.5, 0.6) is 0 Å². The van der Waals surface area contributed by atoms with E-state index in [0.29, 0.717) is 13.1 Å². The molecule has 4 N–H and O–H groups in total. The van der Waals surface area contributed by atoms with Gasteiger partial charge in [-0.15, -0.1) is 0 Å². The summed E-state index contributed by atoms with van der Waals surface area (Å²) in [4.78, 5) is 72.8. The Morgan fingerprint density at radius 1 is 0.719 bits per heavy atom. The quantitative estimate of drug-likeness (QED) is 0.0961. The average Bonchev–Trinajstić information content (AvgIpc) is 4.14. The summed E-state index contributed by atoms with van der Waals surface area (Å²) in [5.41, 5.74) is 6.74. The van der Waals surface area contributed by atoms with Crippen LogP contribution in [0.15, 0.2) is 96.9 Å². The molecule has 3 aliphatic rings. The van der Waals surface area contributed by atoms with Gasteiger partial charge in [-0.1, -0.05) is 87.5 Å². The number of hydrogen-bond acceptors (Lipinski definition) is 8. The van der Waals surface area contributed by atoms with Crippen molar-refractivity contribution in [2.75, 3.05) is 20.2 Å². The summed E-state index contributed by atoms with van der Waals surface area (Å²) in [7, 11) is 1.29. The molecule has 64 heavy (non-hydrogen) atoms. The topological polar surface area (TPSA) is 175 Å². The Kier molecular flexibility index (Phi) is 13.0. The molecule has 5 aromatic rings. The number of aromatic nitrogens is 4. The van der Waals surface area contributed by atoms with Gasteiger partial charge in [0.15, 0.2) is 0 Å². The number of alkyl carbamates (subject to hydrolysis) is 2. The van der Waals surface area contributed by atoms with E-state index in [2.05, 4.69) is 94.3 Å². The molecular weight excluding hydrogens is 809 g/mol. The summed E-state index contributed by atoms with van der Waals surface area (Å²) in [6.07, 6.45) is 12.1. The number of H-pyrrole nitrogens is 2. The van der Waals surface area contributed by atoms with Gasteiger partial charge in [0.2, 0.25) is 11.8 Å². The molecule has 0 saturated carbocycles. The van der Waals surface area contributed by atoms with E-state index < -0.39 is 24.3 Å². The van der Waals surface area contributed by atoms with Gasteiger partial charge in [-0.2, -0.15) is 0 Å². The average molecular weight is 867 g/mol. The SMILES string of the molecule is COC(=O)N[C@H](C(=O)N1CCC[C@H]1c1ncc(-c2ccc3cc(-c4ccc(-c5cnc([C@@H]6CCCN6C(=O)[C@H](NC(=O)OC(C)C)C6=CC=CCC6C)[nH]5)cc4)ccc3c2)[nH]1)C(C)C. The van der Waals surface area contributed by atoms with E-state index in [1.54, 1.807) is 13.8 Å². The number of rotatable bonds is 12. The number of imidazole rings is 2. The van der Waals surface area contributed by atoms with Gasteiger partial charge >= 0.3 is 12.2 Å². The number of benzene rings is 3. The first-order chi connectivity index (χ1) is 30.9. The third kappa shape index (κ3) is 9.32. The number of allylic oxidation sites excluding steroid dienone is 3. The number of hydrogen-bond donors (Lipinski definition) is 4. The molecule has 8 rings (SSSR count). The van der Waals surface area contributed by atoms with Gasteiger partial charge < -0.3 is 39.9 Å². The second kappa shape index (κ2) is 19.0. The maximum atomic E-state index is 14.3. The third-order valence-electron chi connectivity index (χ3n) is 12.6. The highest BCUT2D eigenvalue weighted by atomic mass is 16.6. The summed E-state index contributed by atoms with van der Waals surface area (Å²) >= 11 is 0.